The lowest BCUT2D eigenvalue weighted by Gasteiger charge is -2.33. The Kier molecular flexibility index (Phi) is 4.79. The maximum Gasteiger partial charge on any atom is 0.365 e. The van der Waals surface area contributed by atoms with Crippen LogP contribution in [0.1, 0.15) is 27.2 Å². The van der Waals surface area contributed by atoms with E-state index in [4.69, 9.17) is 0 Å². The Morgan fingerprint density at radius 2 is 2.05 bits per heavy atom. The summed E-state index contributed by atoms with van der Waals surface area (Å²) >= 11 is 3.27. The predicted molar refractivity (Wildman–Crippen MR) is 85.3 cm³/mol. The Labute approximate surface area is 137 Å². The van der Waals surface area contributed by atoms with Crippen LogP contribution in [0, 0.1) is 5.92 Å². The smallest absolute Gasteiger partial charge is 0.296 e. The van der Waals surface area contributed by atoms with Gasteiger partial charge < -0.3 is 0 Å². The molecule has 1 atom stereocenters. The fraction of sp³-hybridized carbons (Fsp3) is 0.643. The van der Waals surface area contributed by atoms with Gasteiger partial charge in [-0.1, -0.05) is 13.8 Å². The van der Waals surface area contributed by atoms with E-state index in [0.29, 0.717) is 23.0 Å². The number of imide groups is 1. The van der Waals surface area contributed by atoms with E-state index < -0.39 is 6.04 Å². The predicted octanol–water partition coefficient (Wildman–Crippen LogP) is 1.06. The van der Waals surface area contributed by atoms with Crippen molar-refractivity contribution in [2.75, 3.05) is 20.1 Å². The standard InChI is InChI=1S/C14H20BrN4O3/c1-8(2)5-6-18-12(21)10-11(17(4)14(18)22)16-13(15)19(10)7-9(3)20/h8,10H,5-7H2,1-4H3/q+1. The number of amides is 3. The van der Waals surface area contributed by atoms with Gasteiger partial charge in [0.2, 0.25) is 0 Å². The summed E-state index contributed by atoms with van der Waals surface area (Å²) in [6.45, 7) is 5.98. The molecule has 2 heterocycles. The van der Waals surface area contributed by atoms with Crippen molar-refractivity contribution in [1.29, 1.82) is 0 Å². The molecule has 120 valence electrons. The van der Waals surface area contributed by atoms with Crippen molar-refractivity contribution in [3.63, 3.8) is 0 Å². The van der Waals surface area contributed by atoms with E-state index in [9.17, 15) is 14.4 Å². The quantitative estimate of drug-likeness (QED) is 0.535. The van der Waals surface area contributed by atoms with Crippen molar-refractivity contribution in [1.82, 2.24) is 9.80 Å². The SMILES string of the molecule is CC(=O)C[N+]1=C(Br)N=C2C1C(=O)N(CCC(C)C)C(=O)N2C. The van der Waals surface area contributed by atoms with Crippen molar-refractivity contribution in [2.24, 2.45) is 10.9 Å². The summed E-state index contributed by atoms with van der Waals surface area (Å²) in [5, 5.41) is 0. The normalized spacial score (nSPS) is 21.7. The second kappa shape index (κ2) is 6.28. The summed E-state index contributed by atoms with van der Waals surface area (Å²) < 4.78 is 1.99. The number of hydrogen-bond donors (Lipinski definition) is 0. The first-order valence-corrected chi connectivity index (χ1v) is 7.99. The molecule has 2 aliphatic rings. The largest absolute Gasteiger partial charge is 0.365 e. The Balaban J connectivity index is 2.31. The Hall–Kier alpha value is -1.57. The molecule has 7 nitrogen and oxygen atoms in total. The first-order chi connectivity index (χ1) is 10.2. The van der Waals surface area contributed by atoms with Gasteiger partial charge in [0.05, 0.1) is 15.9 Å². The highest BCUT2D eigenvalue weighted by molar-refractivity contribution is 9.18. The van der Waals surface area contributed by atoms with E-state index in [-0.39, 0.29) is 24.3 Å². The first kappa shape index (κ1) is 16.8. The van der Waals surface area contributed by atoms with Crippen LogP contribution < -0.4 is 0 Å². The highest BCUT2D eigenvalue weighted by atomic mass is 79.9. The van der Waals surface area contributed by atoms with E-state index in [1.165, 1.54) is 16.7 Å². The second-order valence-electron chi connectivity index (χ2n) is 5.99. The van der Waals surface area contributed by atoms with Crippen molar-refractivity contribution >= 4 is 44.2 Å². The molecule has 0 aliphatic carbocycles. The lowest BCUT2D eigenvalue weighted by Crippen LogP contribution is -2.63. The van der Waals surface area contributed by atoms with Gasteiger partial charge in [0, 0.05) is 13.6 Å². The number of carbonyl (C=O) groups excluding carboxylic acids is 3. The summed E-state index contributed by atoms with van der Waals surface area (Å²) in [4.78, 5) is 43.4. The molecule has 1 saturated heterocycles. The fourth-order valence-corrected chi connectivity index (χ4v) is 2.99. The van der Waals surface area contributed by atoms with Crippen molar-refractivity contribution in [2.45, 2.75) is 33.2 Å². The zero-order chi connectivity index (χ0) is 16.6. The maximum atomic E-state index is 12.7. The topological polar surface area (TPSA) is 73.1 Å². The molecular weight excluding hydrogens is 352 g/mol. The number of rotatable bonds is 5. The van der Waals surface area contributed by atoms with Crippen LogP contribution >= 0.6 is 15.9 Å². The van der Waals surface area contributed by atoms with E-state index in [1.54, 1.807) is 11.6 Å². The number of urea groups is 1. The lowest BCUT2D eigenvalue weighted by molar-refractivity contribution is -0.521. The van der Waals surface area contributed by atoms with Gasteiger partial charge in [0.15, 0.2) is 5.78 Å². The molecule has 0 spiro atoms. The molecule has 2 rings (SSSR count). The molecule has 0 aromatic carbocycles. The molecule has 1 unspecified atom stereocenters. The highest BCUT2D eigenvalue weighted by Gasteiger charge is 2.53. The minimum absolute atomic E-state index is 0.0735. The van der Waals surface area contributed by atoms with E-state index in [1.807, 2.05) is 13.8 Å². The number of likely N-dealkylation sites (N-methyl/N-ethyl adjacent to an activating group) is 1. The third-order valence-corrected chi connectivity index (χ3v) is 4.32. The summed E-state index contributed by atoms with van der Waals surface area (Å²) in [6.07, 6.45) is 0.738. The maximum absolute atomic E-state index is 12.7. The molecule has 0 aromatic heterocycles. The van der Waals surface area contributed by atoms with Crippen LogP contribution in [0.5, 0.6) is 0 Å². The zero-order valence-electron chi connectivity index (χ0n) is 13.2. The summed E-state index contributed by atoms with van der Waals surface area (Å²) in [5.74, 6) is 0.354. The lowest BCUT2D eigenvalue weighted by atomic mass is 10.1. The molecule has 22 heavy (non-hydrogen) atoms. The van der Waals surface area contributed by atoms with Crippen LogP contribution in [0.3, 0.4) is 0 Å². The van der Waals surface area contributed by atoms with Crippen molar-refractivity contribution < 1.29 is 19.0 Å². The number of nitrogens with zero attached hydrogens (tertiary/aromatic N) is 4. The van der Waals surface area contributed by atoms with Gasteiger partial charge in [-0.2, -0.15) is 0 Å². The second-order valence-corrected chi connectivity index (χ2v) is 6.69. The molecule has 3 amide bonds. The van der Waals surface area contributed by atoms with Crippen LogP contribution in [0.4, 0.5) is 4.79 Å². The fourth-order valence-electron chi connectivity index (χ4n) is 2.48. The monoisotopic (exact) mass is 371 g/mol. The molecule has 8 heteroatoms. The van der Waals surface area contributed by atoms with Crippen LogP contribution in [0.15, 0.2) is 4.99 Å². The summed E-state index contributed by atoms with van der Waals surface area (Å²) in [7, 11) is 1.60. The Morgan fingerprint density at radius 1 is 1.41 bits per heavy atom. The third-order valence-electron chi connectivity index (χ3n) is 3.68. The number of Topliss-reactive ketones (excluding diaryl/α,β-unsaturated/α-hetero) is 1. The number of fused-ring (bicyclic) bond motifs is 1. The molecule has 2 aliphatic heterocycles. The minimum atomic E-state index is -0.715. The van der Waals surface area contributed by atoms with Crippen LogP contribution in [-0.2, 0) is 9.59 Å². The highest BCUT2D eigenvalue weighted by Crippen LogP contribution is 2.22. The van der Waals surface area contributed by atoms with Gasteiger partial charge in [-0.25, -0.2) is 9.37 Å². The Bertz CT molecular complexity index is 597. The first-order valence-electron chi connectivity index (χ1n) is 7.20. The Morgan fingerprint density at radius 3 is 2.59 bits per heavy atom. The average molecular weight is 372 g/mol. The van der Waals surface area contributed by atoms with Crippen LogP contribution in [-0.4, -0.2) is 68.9 Å². The molecule has 0 bridgehead atoms. The molecular formula is C14H20BrN4O3+. The number of hydrogen-bond acceptors (Lipinski definition) is 4. The van der Waals surface area contributed by atoms with E-state index >= 15 is 0 Å². The van der Waals surface area contributed by atoms with Crippen LogP contribution in [0.2, 0.25) is 0 Å². The van der Waals surface area contributed by atoms with E-state index in [0.717, 1.165) is 6.42 Å². The van der Waals surface area contributed by atoms with Gasteiger partial charge in [-0.15, -0.1) is 0 Å². The van der Waals surface area contributed by atoms with Gasteiger partial charge in [-0.05, 0) is 24.3 Å². The number of halogens is 1. The number of carbonyl (C=O) groups is 3. The van der Waals surface area contributed by atoms with Gasteiger partial charge in [-0.3, -0.25) is 19.4 Å². The molecule has 0 N–H and O–H groups in total. The van der Waals surface area contributed by atoms with E-state index in [2.05, 4.69) is 20.9 Å². The molecule has 0 radical (unpaired) electrons. The average Bonchev–Trinajstić information content (AvgIpc) is 2.73. The number of ketones is 1. The molecule has 0 aromatic rings. The van der Waals surface area contributed by atoms with Crippen molar-refractivity contribution in [3.05, 3.63) is 0 Å². The van der Waals surface area contributed by atoms with Gasteiger partial charge in [0.25, 0.3) is 17.8 Å². The van der Waals surface area contributed by atoms with Gasteiger partial charge in [0.1, 0.15) is 6.54 Å². The number of amidine groups is 2. The molecule has 1 fully saturated rings. The minimum Gasteiger partial charge on any atom is -0.296 e. The molecule has 0 saturated carbocycles. The number of aliphatic imine (C=N–C) groups is 1. The van der Waals surface area contributed by atoms with Crippen LogP contribution in [0.25, 0.3) is 0 Å². The summed E-state index contributed by atoms with van der Waals surface area (Å²) in [6, 6.07) is -1.08. The third kappa shape index (κ3) is 2.97. The zero-order valence-corrected chi connectivity index (χ0v) is 14.8. The summed E-state index contributed by atoms with van der Waals surface area (Å²) in [5.41, 5.74) is 0. The van der Waals surface area contributed by atoms with Gasteiger partial charge >= 0.3 is 10.8 Å². The van der Waals surface area contributed by atoms with Crippen molar-refractivity contribution in [3.8, 4) is 0 Å².